The van der Waals surface area contributed by atoms with Crippen LogP contribution in [0.4, 0.5) is 0 Å². The summed E-state index contributed by atoms with van der Waals surface area (Å²) in [6, 6.07) is 0. The van der Waals surface area contributed by atoms with E-state index in [1.165, 1.54) is 0 Å². The molecule has 0 N–H and O–H groups in total. The van der Waals surface area contributed by atoms with E-state index in [1.807, 2.05) is 0 Å². The summed E-state index contributed by atoms with van der Waals surface area (Å²) in [4.78, 5) is 27.7. The number of rotatable bonds is 10. The highest BCUT2D eigenvalue weighted by atomic mass is 35.5. The molecule has 0 aliphatic carbocycles. The van der Waals surface area contributed by atoms with Crippen LogP contribution in [0.5, 0.6) is 0 Å². The van der Waals surface area contributed by atoms with Crippen molar-refractivity contribution in [3.63, 3.8) is 0 Å². The zero-order chi connectivity index (χ0) is 13.8. The lowest BCUT2D eigenvalue weighted by molar-refractivity contribution is -0.135. The van der Waals surface area contributed by atoms with Gasteiger partial charge in [-0.25, -0.2) is 4.79 Å². The summed E-state index contributed by atoms with van der Waals surface area (Å²) >= 11 is 5.38. The average molecular weight is 278 g/mol. The molecule has 0 bridgehead atoms. The predicted molar refractivity (Wildman–Crippen MR) is 69.9 cm³/mol. The topological polar surface area (TPSA) is 65.0 Å². The van der Waals surface area contributed by atoms with Crippen LogP contribution < -0.4 is 0 Å². The van der Waals surface area contributed by atoms with Crippen molar-refractivity contribution >= 4 is 29.1 Å². The summed E-state index contributed by atoms with van der Waals surface area (Å²) in [6.07, 6.45) is 4.12. The lowest BCUT2D eigenvalue weighted by Gasteiger charge is -2.04. The molecule has 0 aromatic heterocycles. The number of hydrogen-bond donors (Lipinski definition) is 0. The van der Waals surface area contributed by atoms with E-state index in [-0.39, 0.29) is 18.2 Å². The number of hydrogen-bond acceptors (Lipinski definition) is 5. The van der Waals surface area contributed by atoms with Gasteiger partial charge in [-0.15, -0.1) is 11.6 Å². The maximum atomic E-state index is 11.4. The van der Waals surface area contributed by atoms with E-state index < -0.39 is 11.8 Å². The SMILES string of the molecule is CCCCCCO/N=C(\C(=O)CCl)C(=O)OCC. The standard InChI is InChI=1S/C12H20ClNO4/c1-3-5-6-7-8-18-14-11(10(15)9-13)12(16)17-4-2/h3-9H2,1-2H3/b14-11+. The third kappa shape index (κ3) is 7.27. The molecule has 104 valence electrons. The van der Waals surface area contributed by atoms with Crippen LogP contribution in [0.3, 0.4) is 0 Å². The lowest BCUT2D eigenvalue weighted by Crippen LogP contribution is -2.27. The summed E-state index contributed by atoms with van der Waals surface area (Å²) in [5.41, 5.74) is -0.373. The fraction of sp³-hybridized carbons (Fsp3) is 0.750. The van der Waals surface area contributed by atoms with E-state index in [4.69, 9.17) is 21.2 Å². The van der Waals surface area contributed by atoms with Gasteiger partial charge >= 0.3 is 5.97 Å². The first-order chi connectivity index (χ1) is 8.67. The van der Waals surface area contributed by atoms with Crippen LogP contribution in [-0.2, 0) is 19.2 Å². The second-order valence-electron chi connectivity index (χ2n) is 3.61. The number of nitrogens with zero attached hydrogens (tertiary/aromatic N) is 1. The minimum Gasteiger partial charge on any atom is -0.461 e. The van der Waals surface area contributed by atoms with Gasteiger partial charge in [0, 0.05) is 0 Å². The molecule has 0 aromatic carbocycles. The Balaban J connectivity index is 4.21. The van der Waals surface area contributed by atoms with E-state index in [0.29, 0.717) is 6.61 Å². The van der Waals surface area contributed by atoms with Crippen LogP contribution >= 0.6 is 11.6 Å². The fourth-order valence-electron chi connectivity index (χ4n) is 1.17. The number of halogens is 1. The molecule has 0 spiro atoms. The highest BCUT2D eigenvalue weighted by molar-refractivity contribution is 6.67. The van der Waals surface area contributed by atoms with Gasteiger partial charge in [-0.2, -0.15) is 0 Å². The van der Waals surface area contributed by atoms with E-state index in [9.17, 15) is 9.59 Å². The van der Waals surface area contributed by atoms with Gasteiger partial charge in [0.25, 0.3) is 0 Å². The fourth-order valence-corrected chi connectivity index (χ4v) is 1.29. The summed E-state index contributed by atoms with van der Waals surface area (Å²) in [5.74, 6) is -1.71. The van der Waals surface area contributed by atoms with E-state index in [1.54, 1.807) is 6.92 Å². The molecule has 0 saturated carbocycles. The van der Waals surface area contributed by atoms with Crippen molar-refractivity contribution < 1.29 is 19.2 Å². The molecule has 0 rings (SSSR count). The van der Waals surface area contributed by atoms with Gasteiger partial charge in [0.2, 0.25) is 11.5 Å². The molecule has 0 saturated heterocycles. The third-order valence-electron chi connectivity index (χ3n) is 2.10. The third-order valence-corrected chi connectivity index (χ3v) is 2.34. The smallest absolute Gasteiger partial charge is 0.364 e. The number of Topliss-reactive ketones (excluding diaryl/α,β-unsaturated/α-hetero) is 1. The van der Waals surface area contributed by atoms with Crippen LogP contribution in [0.1, 0.15) is 39.5 Å². The molecule has 0 heterocycles. The molecular weight excluding hydrogens is 258 g/mol. The van der Waals surface area contributed by atoms with E-state index in [2.05, 4.69) is 12.1 Å². The number of alkyl halides is 1. The number of ketones is 1. The number of esters is 1. The molecule has 0 amide bonds. The number of unbranched alkanes of at least 4 members (excludes halogenated alkanes) is 3. The number of ether oxygens (including phenoxy) is 1. The van der Waals surface area contributed by atoms with Gasteiger partial charge in [0.15, 0.2) is 0 Å². The van der Waals surface area contributed by atoms with Gasteiger partial charge in [0.1, 0.15) is 6.61 Å². The van der Waals surface area contributed by atoms with Crippen molar-refractivity contribution in [2.45, 2.75) is 39.5 Å². The maximum Gasteiger partial charge on any atom is 0.364 e. The molecule has 0 aliphatic rings. The van der Waals surface area contributed by atoms with Gasteiger partial charge in [-0.1, -0.05) is 24.9 Å². The highest BCUT2D eigenvalue weighted by Gasteiger charge is 2.21. The first kappa shape index (κ1) is 16.9. The Kier molecular flexibility index (Phi) is 10.3. The molecule has 0 fully saturated rings. The molecule has 0 radical (unpaired) electrons. The zero-order valence-electron chi connectivity index (χ0n) is 10.9. The Morgan fingerprint density at radius 1 is 1.17 bits per heavy atom. The predicted octanol–water partition coefficient (Wildman–Crippen LogP) is 2.31. The average Bonchev–Trinajstić information content (AvgIpc) is 2.37. The van der Waals surface area contributed by atoms with Crippen molar-refractivity contribution in [2.75, 3.05) is 19.1 Å². The summed E-state index contributed by atoms with van der Waals surface area (Å²) in [5, 5.41) is 3.52. The Morgan fingerprint density at radius 3 is 2.44 bits per heavy atom. The monoisotopic (exact) mass is 277 g/mol. The number of carbonyl (C=O) groups excluding carboxylic acids is 2. The lowest BCUT2D eigenvalue weighted by atomic mass is 10.2. The number of carbonyl (C=O) groups is 2. The van der Waals surface area contributed by atoms with Crippen molar-refractivity contribution in [1.29, 1.82) is 0 Å². The molecule has 0 aliphatic heterocycles. The van der Waals surface area contributed by atoms with Crippen molar-refractivity contribution in [2.24, 2.45) is 5.16 Å². The Labute approximate surface area is 112 Å². The van der Waals surface area contributed by atoms with Crippen LogP contribution in [-0.4, -0.2) is 36.6 Å². The normalized spacial score (nSPS) is 11.2. The van der Waals surface area contributed by atoms with Crippen LogP contribution in [0.2, 0.25) is 0 Å². The summed E-state index contributed by atoms with van der Waals surface area (Å²) < 4.78 is 4.69. The molecule has 5 nitrogen and oxygen atoms in total. The largest absolute Gasteiger partial charge is 0.461 e. The Hall–Kier alpha value is -1.10. The first-order valence-corrected chi connectivity index (χ1v) is 6.67. The highest BCUT2D eigenvalue weighted by Crippen LogP contribution is 2.00. The number of oxime groups is 1. The first-order valence-electron chi connectivity index (χ1n) is 6.13. The molecule has 0 aromatic rings. The second kappa shape index (κ2) is 11.0. The van der Waals surface area contributed by atoms with Crippen LogP contribution in [0, 0.1) is 0 Å². The molecule has 18 heavy (non-hydrogen) atoms. The van der Waals surface area contributed by atoms with Crippen molar-refractivity contribution in [1.82, 2.24) is 0 Å². The van der Waals surface area contributed by atoms with E-state index in [0.717, 1.165) is 25.7 Å². The molecule has 6 heteroatoms. The van der Waals surface area contributed by atoms with Gasteiger partial charge < -0.3 is 9.57 Å². The Morgan fingerprint density at radius 2 is 1.89 bits per heavy atom. The van der Waals surface area contributed by atoms with Crippen molar-refractivity contribution in [3.8, 4) is 0 Å². The quantitative estimate of drug-likeness (QED) is 0.153. The second-order valence-corrected chi connectivity index (χ2v) is 3.88. The van der Waals surface area contributed by atoms with Gasteiger partial charge in [-0.05, 0) is 19.8 Å². The van der Waals surface area contributed by atoms with Gasteiger partial charge in [0.05, 0.1) is 12.5 Å². The molecule has 0 unspecified atom stereocenters. The minimum atomic E-state index is -0.795. The Bertz CT molecular complexity index is 292. The van der Waals surface area contributed by atoms with Crippen molar-refractivity contribution in [3.05, 3.63) is 0 Å². The van der Waals surface area contributed by atoms with E-state index >= 15 is 0 Å². The van der Waals surface area contributed by atoms with Crippen LogP contribution in [0.25, 0.3) is 0 Å². The maximum absolute atomic E-state index is 11.4. The summed E-state index contributed by atoms with van der Waals surface area (Å²) in [7, 11) is 0. The van der Waals surface area contributed by atoms with Crippen LogP contribution in [0.15, 0.2) is 5.16 Å². The summed E-state index contributed by atoms with van der Waals surface area (Å²) in [6.45, 7) is 4.30. The zero-order valence-corrected chi connectivity index (χ0v) is 11.7. The van der Waals surface area contributed by atoms with Gasteiger partial charge in [-0.3, -0.25) is 4.79 Å². The molecular formula is C12H20ClNO4. The minimum absolute atomic E-state index is 0.171. The molecule has 0 atom stereocenters.